The molecule has 1 aliphatic heterocycles. The van der Waals surface area contributed by atoms with Gasteiger partial charge in [0.2, 0.25) is 11.8 Å². The number of aryl methyl sites for hydroxylation is 1. The lowest BCUT2D eigenvalue weighted by Crippen LogP contribution is -2.48. The summed E-state index contributed by atoms with van der Waals surface area (Å²) in [6.45, 7) is 1.21. The van der Waals surface area contributed by atoms with E-state index in [0.717, 1.165) is 18.9 Å². The number of fused-ring (bicyclic) bond motifs is 3. The summed E-state index contributed by atoms with van der Waals surface area (Å²) < 4.78 is 88.9. The van der Waals surface area contributed by atoms with Gasteiger partial charge in [-0.3, -0.25) is 0 Å². The maximum absolute atomic E-state index is 13.5. The van der Waals surface area contributed by atoms with E-state index >= 15 is 0 Å². The number of alkyl halides is 6. The summed E-state index contributed by atoms with van der Waals surface area (Å²) in [7, 11) is 0. The van der Waals surface area contributed by atoms with Crippen LogP contribution in [0.1, 0.15) is 24.4 Å². The molecular weight excluding hydrogens is 472 g/mol. The molecule has 5 rings (SSSR count). The van der Waals surface area contributed by atoms with Gasteiger partial charge in [0, 0.05) is 26.1 Å². The van der Waals surface area contributed by atoms with Crippen molar-refractivity contribution >= 4 is 17.6 Å². The van der Waals surface area contributed by atoms with Gasteiger partial charge in [-0.1, -0.05) is 5.10 Å². The molecule has 9 nitrogen and oxygen atoms in total. The van der Waals surface area contributed by atoms with Gasteiger partial charge in [-0.15, -0.1) is 10.2 Å². The molecule has 0 amide bonds. The lowest BCUT2D eigenvalue weighted by Gasteiger charge is -2.37. The number of aromatic nitrogens is 5. The fraction of sp³-hybridized carbons (Fsp3) is 0.579. The highest BCUT2D eigenvalue weighted by atomic mass is 19.4. The molecule has 2 fully saturated rings. The Balaban J connectivity index is 1.41. The van der Waals surface area contributed by atoms with Crippen LogP contribution in [0.5, 0.6) is 5.75 Å². The van der Waals surface area contributed by atoms with Crippen LogP contribution in [0.4, 0.5) is 38.3 Å². The second-order valence-electron chi connectivity index (χ2n) is 8.43. The van der Waals surface area contributed by atoms with Gasteiger partial charge in [0.1, 0.15) is 5.69 Å². The summed E-state index contributed by atoms with van der Waals surface area (Å²) in [6.07, 6.45) is -7.72. The molecule has 3 aromatic rings. The zero-order valence-electron chi connectivity index (χ0n) is 17.7. The molecule has 15 heteroatoms. The van der Waals surface area contributed by atoms with E-state index < -0.39 is 36.1 Å². The molecule has 0 radical (unpaired) electrons. The zero-order valence-corrected chi connectivity index (χ0v) is 17.7. The minimum atomic E-state index is -4.79. The maximum Gasteiger partial charge on any atom is 0.433 e. The second-order valence-corrected chi connectivity index (χ2v) is 8.43. The Bertz CT molecular complexity index is 1180. The van der Waals surface area contributed by atoms with E-state index in [1.807, 2.05) is 4.90 Å². The molecule has 2 aliphatic rings. The molecule has 3 atom stereocenters. The van der Waals surface area contributed by atoms with Gasteiger partial charge in [0.15, 0.2) is 18.0 Å². The highest BCUT2D eigenvalue weighted by Crippen LogP contribution is 2.40. The summed E-state index contributed by atoms with van der Waals surface area (Å²) in [5.41, 5.74) is -1.63. The fourth-order valence-corrected chi connectivity index (χ4v) is 4.66. The molecule has 2 bridgehead atoms. The van der Waals surface area contributed by atoms with Crippen molar-refractivity contribution in [2.45, 2.75) is 38.2 Å². The first kappa shape index (κ1) is 22.5. The van der Waals surface area contributed by atoms with Crippen molar-refractivity contribution in [3.63, 3.8) is 0 Å². The highest BCUT2D eigenvalue weighted by molar-refractivity contribution is 5.57. The molecule has 1 unspecified atom stereocenters. The van der Waals surface area contributed by atoms with Crippen LogP contribution >= 0.6 is 0 Å². The first-order valence-electron chi connectivity index (χ1n) is 10.5. The Morgan fingerprint density at radius 3 is 2.38 bits per heavy atom. The lowest BCUT2D eigenvalue weighted by molar-refractivity contribution is -0.153. The van der Waals surface area contributed by atoms with Crippen molar-refractivity contribution in [2.24, 2.45) is 11.8 Å². The van der Waals surface area contributed by atoms with Gasteiger partial charge in [-0.25, -0.2) is 4.52 Å². The van der Waals surface area contributed by atoms with Crippen LogP contribution in [-0.2, 0) is 6.18 Å². The standard InChI is InChI=1S/C19H19F6N7O2/c1-9-28-29-17(34-9)31-6-10-2-3-11(7-31)14(10)26-16-27-15-12(33-8-18(20,21)22)4-5-13(19(23,24)25)32(15)30-16/h4-5,10-11,14H,2-3,6-8H2,1H3,(H,26,30)/t10-,11+,14?. The van der Waals surface area contributed by atoms with Gasteiger partial charge in [0.05, 0.1) is 0 Å². The van der Waals surface area contributed by atoms with Crippen molar-refractivity contribution in [2.75, 3.05) is 29.9 Å². The number of ether oxygens (including phenoxy) is 1. The molecule has 0 aromatic carbocycles. The predicted molar refractivity (Wildman–Crippen MR) is 104 cm³/mol. The topological polar surface area (TPSA) is 93.6 Å². The number of hydrogen-bond acceptors (Lipinski definition) is 8. The van der Waals surface area contributed by atoms with E-state index in [-0.39, 0.29) is 23.8 Å². The third-order valence-electron chi connectivity index (χ3n) is 6.05. The van der Waals surface area contributed by atoms with E-state index in [9.17, 15) is 26.3 Å². The molecule has 3 aromatic heterocycles. The molecule has 1 N–H and O–H groups in total. The van der Waals surface area contributed by atoms with Crippen molar-refractivity contribution < 1.29 is 35.5 Å². The Morgan fingerprint density at radius 1 is 1.09 bits per heavy atom. The van der Waals surface area contributed by atoms with E-state index in [1.54, 1.807) is 6.92 Å². The smallest absolute Gasteiger partial charge is 0.433 e. The van der Waals surface area contributed by atoms with Gasteiger partial charge in [-0.2, -0.15) is 31.3 Å². The van der Waals surface area contributed by atoms with E-state index in [4.69, 9.17) is 9.15 Å². The Kier molecular flexibility index (Phi) is 5.24. The number of nitrogens with zero attached hydrogens (tertiary/aromatic N) is 6. The quantitative estimate of drug-likeness (QED) is 0.540. The third kappa shape index (κ3) is 4.30. The van der Waals surface area contributed by atoms with Crippen LogP contribution < -0.4 is 15.0 Å². The number of anilines is 2. The monoisotopic (exact) mass is 491 g/mol. The maximum atomic E-state index is 13.5. The number of rotatable bonds is 5. The Hall–Kier alpha value is -3.26. The van der Waals surface area contributed by atoms with Crippen LogP contribution in [-0.4, -0.2) is 56.7 Å². The molecule has 1 saturated heterocycles. The normalized spacial score (nSPS) is 23.0. The summed E-state index contributed by atoms with van der Waals surface area (Å²) in [6, 6.07) is 1.72. The second kappa shape index (κ2) is 7.91. The van der Waals surface area contributed by atoms with E-state index in [1.165, 1.54) is 0 Å². The Labute approximate surface area is 188 Å². The number of pyridine rings is 1. The lowest BCUT2D eigenvalue weighted by atomic mass is 9.92. The number of piperidine rings is 1. The van der Waals surface area contributed by atoms with E-state index in [0.29, 0.717) is 35.6 Å². The minimum Gasteiger partial charge on any atom is -0.480 e. The van der Waals surface area contributed by atoms with Crippen molar-refractivity contribution in [1.29, 1.82) is 0 Å². The van der Waals surface area contributed by atoms with Crippen LogP contribution in [0.3, 0.4) is 0 Å². The molecule has 34 heavy (non-hydrogen) atoms. The molecular formula is C19H19F6N7O2. The summed E-state index contributed by atoms with van der Waals surface area (Å²) in [4.78, 5) is 6.03. The van der Waals surface area contributed by atoms with Crippen LogP contribution in [0, 0.1) is 18.8 Å². The van der Waals surface area contributed by atoms with Crippen LogP contribution in [0.15, 0.2) is 16.5 Å². The minimum absolute atomic E-state index is 0.112. The van der Waals surface area contributed by atoms with Crippen LogP contribution in [0.25, 0.3) is 5.65 Å². The largest absolute Gasteiger partial charge is 0.480 e. The first-order chi connectivity index (χ1) is 16.0. The average molecular weight is 491 g/mol. The Morgan fingerprint density at radius 2 is 1.79 bits per heavy atom. The molecule has 0 spiro atoms. The number of halogens is 6. The molecule has 1 saturated carbocycles. The summed E-state index contributed by atoms with van der Waals surface area (Å²) >= 11 is 0. The van der Waals surface area contributed by atoms with E-state index in [2.05, 4.69) is 25.6 Å². The third-order valence-corrected chi connectivity index (χ3v) is 6.05. The molecule has 1 aliphatic carbocycles. The average Bonchev–Trinajstić information content (AvgIpc) is 3.41. The molecule has 184 valence electrons. The van der Waals surface area contributed by atoms with Crippen molar-refractivity contribution in [1.82, 2.24) is 24.8 Å². The first-order valence-corrected chi connectivity index (χ1v) is 10.5. The van der Waals surface area contributed by atoms with Gasteiger partial charge in [0.25, 0.3) is 0 Å². The van der Waals surface area contributed by atoms with Crippen molar-refractivity contribution in [3.8, 4) is 5.75 Å². The van der Waals surface area contributed by atoms with Gasteiger partial charge in [-0.05, 0) is 36.8 Å². The van der Waals surface area contributed by atoms with Crippen LogP contribution in [0.2, 0.25) is 0 Å². The predicted octanol–water partition coefficient (Wildman–Crippen LogP) is 3.71. The fourth-order valence-electron chi connectivity index (χ4n) is 4.66. The van der Waals surface area contributed by atoms with Gasteiger partial charge >= 0.3 is 18.4 Å². The molecule has 4 heterocycles. The summed E-state index contributed by atoms with van der Waals surface area (Å²) in [5, 5.41) is 14.9. The summed E-state index contributed by atoms with van der Waals surface area (Å²) in [5.74, 6) is 0.106. The zero-order chi connectivity index (χ0) is 24.3. The highest BCUT2D eigenvalue weighted by Gasteiger charge is 2.44. The van der Waals surface area contributed by atoms with Gasteiger partial charge < -0.3 is 19.4 Å². The SMILES string of the molecule is Cc1nnc(N2C[C@H]3CC[C@@H](C2)C3Nc2nc3c(OCC(F)(F)F)ccc(C(F)(F)F)n3n2)o1. The number of nitrogens with one attached hydrogen (secondary N) is 1. The van der Waals surface area contributed by atoms with Crippen molar-refractivity contribution in [3.05, 3.63) is 23.7 Å². The number of hydrogen-bond donors (Lipinski definition) is 1.